The fourth-order valence-electron chi connectivity index (χ4n) is 2.35. The number of carbonyl (C=O) groups excluding carboxylic acids is 1. The molecule has 0 radical (unpaired) electrons. The maximum absolute atomic E-state index is 12.2. The number of amides is 1. The van der Waals surface area contributed by atoms with Gasteiger partial charge < -0.3 is 5.32 Å². The number of carbonyl (C=O) groups is 1. The highest BCUT2D eigenvalue weighted by atomic mass is 35.5. The summed E-state index contributed by atoms with van der Waals surface area (Å²) >= 11 is 5.97. The predicted molar refractivity (Wildman–Crippen MR) is 73.4 cm³/mol. The molecule has 2 nitrogen and oxygen atoms in total. The molecule has 2 aromatic rings. The zero-order valence-electron chi connectivity index (χ0n) is 9.96. The number of benzene rings is 2. The molecule has 2 aromatic carbocycles. The van der Waals surface area contributed by atoms with Crippen molar-refractivity contribution in [2.45, 2.75) is 13.3 Å². The van der Waals surface area contributed by atoms with Crippen molar-refractivity contribution in [2.75, 3.05) is 5.32 Å². The highest BCUT2D eigenvalue weighted by molar-refractivity contribution is 6.31. The highest BCUT2D eigenvalue weighted by Gasteiger charge is 2.20. The van der Waals surface area contributed by atoms with Crippen LogP contribution in [-0.4, -0.2) is 5.91 Å². The van der Waals surface area contributed by atoms with E-state index in [0.29, 0.717) is 5.02 Å². The van der Waals surface area contributed by atoms with Crippen LogP contribution in [0.2, 0.25) is 5.02 Å². The molecular formula is C15H12ClNO. The summed E-state index contributed by atoms with van der Waals surface area (Å²) in [6, 6.07) is 11.4. The molecule has 0 spiro atoms. The Balaban J connectivity index is 2.20. The van der Waals surface area contributed by atoms with Crippen molar-refractivity contribution in [3.8, 4) is 0 Å². The Bertz CT molecular complexity index is 649. The number of aryl methyl sites for hydroxylation is 1. The van der Waals surface area contributed by atoms with E-state index >= 15 is 0 Å². The normalized spacial score (nSPS) is 13.3. The Kier molecular flexibility index (Phi) is 2.60. The molecule has 1 heterocycles. The molecule has 0 aliphatic carbocycles. The fraction of sp³-hybridized carbons (Fsp3) is 0.133. The molecule has 3 heteroatoms. The van der Waals surface area contributed by atoms with Crippen LogP contribution in [0, 0.1) is 6.92 Å². The van der Waals surface area contributed by atoms with Crippen molar-refractivity contribution < 1.29 is 4.79 Å². The van der Waals surface area contributed by atoms with Crippen LogP contribution < -0.4 is 5.32 Å². The van der Waals surface area contributed by atoms with E-state index in [1.54, 1.807) is 6.07 Å². The third-order valence-corrected chi connectivity index (χ3v) is 3.58. The molecule has 0 saturated carbocycles. The van der Waals surface area contributed by atoms with Gasteiger partial charge in [0.15, 0.2) is 0 Å². The van der Waals surface area contributed by atoms with Crippen LogP contribution in [0.1, 0.15) is 27.0 Å². The highest BCUT2D eigenvalue weighted by Crippen LogP contribution is 2.29. The monoisotopic (exact) mass is 257 g/mol. The summed E-state index contributed by atoms with van der Waals surface area (Å²) in [5.41, 5.74) is 4.90. The number of nitrogens with one attached hydrogen (secondary N) is 1. The second-order valence-electron chi connectivity index (χ2n) is 4.53. The van der Waals surface area contributed by atoms with E-state index in [-0.39, 0.29) is 5.91 Å². The number of rotatable bonds is 0. The van der Waals surface area contributed by atoms with E-state index in [9.17, 15) is 4.79 Å². The van der Waals surface area contributed by atoms with Crippen LogP contribution in [0.3, 0.4) is 0 Å². The minimum Gasteiger partial charge on any atom is -0.322 e. The molecule has 18 heavy (non-hydrogen) atoms. The van der Waals surface area contributed by atoms with Crippen LogP contribution in [0.5, 0.6) is 0 Å². The third kappa shape index (κ3) is 1.79. The molecule has 0 saturated heterocycles. The second-order valence-corrected chi connectivity index (χ2v) is 4.97. The minimum absolute atomic E-state index is 0.0604. The largest absolute Gasteiger partial charge is 0.322 e. The minimum atomic E-state index is -0.0604. The maximum atomic E-state index is 12.2. The summed E-state index contributed by atoms with van der Waals surface area (Å²) in [7, 11) is 0. The Hall–Kier alpha value is -1.80. The molecule has 90 valence electrons. The summed E-state index contributed by atoms with van der Waals surface area (Å²) < 4.78 is 0. The first kappa shape index (κ1) is 11.3. The molecular weight excluding hydrogens is 246 g/mol. The van der Waals surface area contributed by atoms with Crippen molar-refractivity contribution in [3.05, 3.63) is 63.7 Å². The lowest BCUT2D eigenvalue weighted by Crippen LogP contribution is -2.12. The number of anilines is 1. The van der Waals surface area contributed by atoms with Crippen LogP contribution in [0.25, 0.3) is 0 Å². The van der Waals surface area contributed by atoms with Crippen molar-refractivity contribution >= 4 is 23.2 Å². The van der Waals surface area contributed by atoms with Gasteiger partial charge in [0.1, 0.15) is 0 Å². The van der Waals surface area contributed by atoms with Gasteiger partial charge in [-0.15, -0.1) is 0 Å². The summed E-state index contributed by atoms with van der Waals surface area (Å²) in [5.74, 6) is -0.0604. The Morgan fingerprint density at radius 3 is 2.89 bits per heavy atom. The van der Waals surface area contributed by atoms with Gasteiger partial charge in [-0.05, 0) is 41.8 Å². The topological polar surface area (TPSA) is 29.1 Å². The Morgan fingerprint density at radius 2 is 2.06 bits per heavy atom. The quantitative estimate of drug-likeness (QED) is 0.764. The SMILES string of the molecule is Cc1cccc2c1Cc1ccc(Cl)cc1NC2=O. The number of fused-ring (bicyclic) bond motifs is 2. The number of hydrogen-bond acceptors (Lipinski definition) is 1. The zero-order valence-corrected chi connectivity index (χ0v) is 10.7. The molecule has 1 N–H and O–H groups in total. The van der Waals surface area contributed by atoms with Gasteiger partial charge in [0, 0.05) is 22.7 Å². The first-order valence-corrected chi connectivity index (χ1v) is 6.21. The van der Waals surface area contributed by atoms with Crippen molar-refractivity contribution in [2.24, 2.45) is 0 Å². The molecule has 1 amide bonds. The standard InChI is InChI=1S/C15H12ClNO/c1-9-3-2-4-12-13(9)7-10-5-6-11(16)8-14(10)17-15(12)18/h2-6,8H,7H2,1H3,(H,17,18). The smallest absolute Gasteiger partial charge is 0.255 e. The molecule has 1 aliphatic heterocycles. The van der Waals surface area contributed by atoms with E-state index in [2.05, 4.69) is 5.32 Å². The fourth-order valence-corrected chi connectivity index (χ4v) is 2.52. The molecule has 0 bridgehead atoms. The van der Waals surface area contributed by atoms with Gasteiger partial charge in [-0.2, -0.15) is 0 Å². The number of halogens is 1. The molecule has 0 atom stereocenters. The van der Waals surface area contributed by atoms with Crippen LogP contribution in [0.4, 0.5) is 5.69 Å². The lowest BCUT2D eigenvalue weighted by Gasteiger charge is -2.07. The van der Waals surface area contributed by atoms with Crippen molar-refractivity contribution in [3.63, 3.8) is 0 Å². The Labute approximate surface area is 111 Å². The Morgan fingerprint density at radius 1 is 1.22 bits per heavy atom. The molecule has 0 fully saturated rings. The number of hydrogen-bond donors (Lipinski definition) is 1. The lowest BCUT2D eigenvalue weighted by molar-refractivity contribution is 0.102. The van der Waals surface area contributed by atoms with Gasteiger partial charge in [-0.25, -0.2) is 0 Å². The van der Waals surface area contributed by atoms with Gasteiger partial charge >= 0.3 is 0 Å². The van der Waals surface area contributed by atoms with Gasteiger partial charge in [0.2, 0.25) is 0 Å². The van der Waals surface area contributed by atoms with Crippen LogP contribution in [-0.2, 0) is 6.42 Å². The van der Waals surface area contributed by atoms with E-state index in [1.165, 1.54) is 0 Å². The summed E-state index contributed by atoms with van der Waals surface area (Å²) in [6.07, 6.45) is 0.757. The first-order chi connectivity index (χ1) is 8.65. The first-order valence-electron chi connectivity index (χ1n) is 5.83. The van der Waals surface area contributed by atoms with Gasteiger partial charge in [0.05, 0.1) is 0 Å². The van der Waals surface area contributed by atoms with E-state index in [4.69, 9.17) is 11.6 Å². The van der Waals surface area contributed by atoms with Crippen molar-refractivity contribution in [1.29, 1.82) is 0 Å². The molecule has 0 unspecified atom stereocenters. The van der Waals surface area contributed by atoms with Gasteiger partial charge in [0.25, 0.3) is 5.91 Å². The summed E-state index contributed by atoms with van der Waals surface area (Å²) in [5, 5.41) is 3.56. The van der Waals surface area contributed by atoms with Gasteiger partial charge in [-0.1, -0.05) is 29.8 Å². The predicted octanol–water partition coefficient (Wildman–Crippen LogP) is 3.80. The zero-order chi connectivity index (χ0) is 12.7. The van der Waals surface area contributed by atoms with E-state index in [0.717, 1.165) is 34.4 Å². The summed E-state index contributed by atoms with van der Waals surface area (Å²) in [6.45, 7) is 2.03. The summed E-state index contributed by atoms with van der Waals surface area (Å²) in [4.78, 5) is 12.2. The van der Waals surface area contributed by atoms with Crippen LogP contribution in [0.15, 0.2) is 36.4 Å². The van der Waals surface area contributed by atoms with Gasteiger partial charge in [-0.3, -0.25) is 4.79 Å². The maximum Gasteiger partial charge on any atom is 0.255 e. The van der Waals surface area contributed by atoms with E-state index in [1.807, 2.05) is 37.3 Å². The molecule has 1 aliphatic rings. The molecule has 3 rings (SSSR count). The molecule has 0 aromatic heterocycles. The lowest BCUT2D eigenvalue weighted by atomic mass is 9.96. The van der Waals surface area contributed by atoms with Crippen molar-refractivity contribution in [1.82, 2.24) is 0 Å². The van der Waals surface area contributed by atoms with Crippen LogP contribution >= 0.6 is 11.6 Å². The van der Waals surface area contributed by atoms with E-state index < -0.39 is 0 Å². The average molecular weight is 258 g/mol. The third-order valence-electron chi connectivity index (χ3n) is 3.34. The second kappa shape index (κ2) is 4.14. The average Bonchev–Trinajstić information content (AvgIpc) is 2.47.